The van der Waals surface area contributed by atoms with E-state index in [0.29, 0.717) is 29.9 Å². The number of pyridine rings is 1. The van der Waals surface area contributed by atoms with Crippen molar-refractivity contribution in [3.05, 3.63) is 35.3 Å². The molecule has 2 saturated heterocycles. The van der Waals surface area contributed by atoms with Gasteiger partial charge in [0.1, 0.15) is 5.82 Å². The predicted octanol–water partition coefficient (Wildman–Crippen LogP) is 2.37. The molecular formula is C23H32N8O. The van der Waals surface area contributed by atoms with E-state index in [0.717, 1.165) is 56.1 Å². The van der Waals surface area contributed by atoms with Crippen LogP contribution in [0.4, 0.5) is 11.6 Å². The standard InChI is InChI=1S/C23H32N8O/c1-3-4-9-32-22-28-19(24)21-27-13-18(31(21)29-22)11-17-10-16(2)20(26-12-17)30-14-23(15-30)5-7-25-8-6-23/h10,12-13,25H,3-9,11,14-15H2,1-2H3,(H2,24,28,29). The fourth-order valence-corrected chi connectivity index (χ4v) is 4.87. The number of anilines is 2. The van der Waals surface area contributed by atoms with E-state index >= 15 is 0 Å². The zero-order valence-corrected chi connectivity index (χ0v) is 19.0. The van der Waals surface area contributed by atoms with E-state index < -0.39 is 0 Å². The number of aromatic nitrogens is 5. The summed E-state index contributed by atoms with van der Waals surface area (Å²) in [6, 6.07) is 2.51. The normalized spacial score (nSPS) is 17.6. The first kappa shape index (κ1) is 20.9. The minimum Gasteiger partial charge on any atom is -0.462 e. The Morgan fingerprint density at radius 2 is 2.00 bits per heavy atom. The van der Waals surface area contributed by atoms with Crippen LogP contribution in [-0.4, -0.2) is 57.4 Å². The fraction of sp³-hybridized carbons (Fsp3) is 0.565. The molecule has 0 aromatic carbocycles. The lowest BCUT2D eigenvalue weighted by Gasteiger charge is -2.53. The summed E-state index contributed by atoms with van der Waals surface area (Å²) >= 11 is 0. The summed E-state index contributed by atoms with van der Waals surface area (Å²) in [6.07, 6.45) is 8.97. The van der Waals surface area contributed by atoms with Gasteiger partial charge < -0.3 is 20.7 Å². The molecule has 0 aliphatic carbocycles. The Bertz CT molecular complexity index is 1100. The molecule has 0 atom stereocenters. The highest BCUT2D eigenvalue weighted by molar-refractivity contribution is 5.60. The lowest BCUT2D eigenvalue weighted by Crippen LogP contribution is -2.60. The number of unbranched alkanes of at least 4 members (excludes halogenated alkanes) is 1. The quantitative estimate of drug-likeness (QED) is 0.544. The van der Waals surface area contributed by atoms with E-state index in [4.69, 9.17) is 15.5 Å². The second-order valence-electron chi connectivity index (χ2n) is 9.23. The number of nitrogens with two attached hydrogens (primary N) is 1. The molecule has 2 fully saturated rings. The first-order valence-electron chi connectivity index (χ1n) is 11.6. The molecule has 1 spiro atoms. The second-order valence-corrected chi connectivity index (χ2v) is 9.23. The van der Waals surface area contributed by atoms with Gasteiger partial charge in [0.25, 0.3) is 0 Å². The molecule has 170 valence electrons. The van der Waals surface area contributed by atoms with Crippen LogP contribution in [0.3, 0.4) is 0 Å². The highest BCUT2D eigenvalue weighted by atomic mass is 16.5. The Labute approximate surface area is 188 Å². The molecule has 9 heteroatoms. The largest absolute Gasteiger partial charge is 0.462 e. The van der Waals surface area contributed by atoms with Crippen molar-refractivity contribution in [1.29, 1.82) is 0 Å². The van der Waals surface area contributed by atoms with Crippen LogP contribution in [-0.2, 0) is 6.42 Å². The topological polar surface area (TPSA) is 106 Å². The summed E-state index contributed by atoms with van der Waals surface area (Å²) < 4.78 is 7.40. The zero-order chi connectivity index (χ0) is 22.1. The molecular weight excluding hydrogens is 404 g/mol. The number of nitrogen functional groups attached to an aromatic ring is 1. The monoisotopic (exact) mass is 436 g/mol. The van der Waals surface area contributed by atoms with Crippen molar-refractivity contribution in [3.63, 3.8) is 0 Å². The van der Waals surface area contributed by atoms with Crippen molar-refractivity contribution in [3.8, 4) is 6.01 Å². The molecule has 5 rings (SSSR count). The Balaban J connectivity index is 1.31. The fourth-order valence-electron chi connectivity index (χ4n) is 4.87. The average Bonchev–Trinajstić information content (AvgIpc) is 3.16. The van der Waals surface area contributed by atoms with Crippen molar-refractivity contribution < 1.29 is 4.74 Å². The lowest BCUT2D eigenvalue weighted by molar-refractivity contribution is 0.149. The third-order valence-electron chi connectivity index (χ3n) is 6.68. The number of piperidine rings is 1. The van der Waals surface area contributed by atoms with E-state index in [1.165, 1.54) is 18.4 Å². The molecule has 0 radical (unpaired) electrons. The number of hydrogen-bond donors (Lipinski definition) is 2. The first-order chi connectivity index (χ1) is 15.6. The summed E-state index contributed by atoms with van der Waals surface area (Å²) in [5, 5.41) is 7.98. The number of ether oxygens (including phenoxy) is 1. The van der Waals surface area contributed by atoms with Gasteiger partial charge >= 0.3 is 6.01 Å². The molecule has 0 amide bonds. The predicted molar refractivity (Wildman–Crippen MR) is 124 cm³/mol. The van der Waals surface area contributed by atoms with E-state index in [1.54, 1.807) is 10.7 Å². The van der Waals surface area contributed by atoms with Gasteiger partial charge in [-0.1, -0.05) is 19.4 Å². The van der Waals surface area contributed by atoms with Crippen LogP contribution in [0, 0.1) is 12.3 Å². The number of aryl methyl sites for hydroxylation is 1. The van der Waals surface area contributed by atoms with Crippen LogP contribution < -0.4 is 20.7 Å². The highest BCUT2D eigenvalue weighted by Crippen LogP contribution is 2.41. The third-order valence-corrected chi connectivity index (χ3v) is 6.68. The van der Waals surface area contributed by atoms with Crippen molar-refractivity contribution >= 4 is 17.3 Å². The van der Waals surface area contributed by atoms with Gasteiger partial charge in [0.2, 0.25) is 0 Å². The van der Waals surface area contributed by atoms with Gasteiger partial charge in [-0.15, -0.1) is 5.10 Å². The zero-order valence-electron chi connectivity index (χ0n) is 19.0. The van der Waals surface area contributed by atoms with Crippen LogP contribution >= 0.6 is 0 Å². The maximum Gasteiger partial charge on any atom is 0.336 e. The maximum atomic E-state index is 6.09. The summed E-state index contributed by atoms with van der Waals surface area (Å²) in [5.41, 5.74) is 10.4. The summed E-state index contributed by atoms with van der Waals surface area (Å²) in [7, 11) is 0. The molecule has 3 aromatic heterocycles. The van der Waals surface area contributed by atoms with Gasteiger partial charge in [-0.25, -0.2) is 14.5 Å². The van der Waals surface area contributed by atoms with Gasteiger partial charge in [0, 0.05) is 31.1 Å². The minimum atomic E-state index is 0.289. The Kier molecular flexibility index (Phi) is 5.58. The van der Waals surface area contributed by atoms with Gasteiger partial charge in [-0.3, -0.25) is 0 Å². The van der Waals surface area contributed by atoms with Gasteiger partial charge in [-0.2, -0.15) is 4.98 Å². The first-order valence-corrected chi connectivity index (χ1v) is 11.6. The van der Waals surface area contributed by atoms with Crippen molar-refractivity contribution in [1.82, 2.24) is 29.9 Å². The molecule has 3 N–H and O–H groups in total. The van der Waals surface area contributed by atoms with Crippen molar-refractivity contribution in [2.75, 3.05) is 43.4 Å². The molecule has 5 heterocycles. The summed E-state index contributed by atoms with van der Waals surface area (Å²) in [4.78, 5) is 15.9. The molecule has 0 unspecified atom stereocenters. The Morgan fingerprint density at radius 3 is 2.75 bits per heavy atom. The summed E-state index contributed by atoms with van der Waals surface area (Å²) in [6.45, 7) is 9.34. The molecule has 32 heavy (non-hydrogen) atoms. The van der Waals surface area contributed by atoms with Crippen LogP contribution in [0.2, 0.25) is 0 Å². The van der Waals surface area contributed by atoms with Crippen molar-refractivity contribution in [2.45, 2.75) is 46.0 Å². The van der Waals surface area contributed by atoms with Gasteiger partial charge in [-0.05, 0) is 50.4 Å². The van der Waals surface area contributed by atoms with E-state index in [1.807, 2.05) is 6.20 Å². The SMILES string of the molecule is CCCCOc1nc(N)c2ncc(Cc3cnc(N4CC5(CCNCC5)C4)c(C)c3)n2n1. The number of fused-ring (bicyclic) bond motifs is 1. The summed E-state index contributed by atoms with van der Waals surface area (Å²) in [5.74, 6) is 1.43. The van der Waals surface area contributed by atoms with Gasteiger partial charge in [0.15, 0.2) is 11.5 Å². The molecule has 9 nitrogen and oxygen atoms in total. The Morgan fingerprint density at radius 1 is 1.19 bits per heavy atom. The number of nitrogens with one attached hydrogen (secondary N) is 1. The van der Waals surface area contributed by atoms with Crippen LogP contribution in [0.5, 0.6) is 6.01 Å². The number of hydrogen-bond acceptors (Lipinski definition) is 8. The van der Waals surface area contributed by atoms with Crippen LogP contribution in [0.25, 0.3) is 5.65 Å². The molecule has 3 aromatic rings. The lowest BCUT2D eigenvalue weighted by atomic mass is 9.72. The maximum absolute atomic E-state index is 6.09. The van der Waals surface area contributed by atoms with Gasteiger partial charge in [0.05, 0.1) is 18.5 Å². The molecule has 0 bridgehead atoms. The molecule has 2 aliphatic rings. The minimum absolute atomic E-state index is 0.289. The van der Waals surface area contributed by atoms with Crippen molar-refractivity contribution in [2.24, 2.45) is 5.41 Å². The number of rotatable bonds is 7. The van der Waals surface area contributed by atoms with Crippen LogP contribution in [0.15, 0.2) is 18.5 Å². The molecule has 2 aliphatic heterocycles. The number of nitrogens with zero attached hydrogens (tertiary/aromatic N) is 6. The highest BCUT2D eigenvalue weighted by Gasteiger charge is 2.44. The van der Waals surface area contributed by atoms with Crippen LogP contribution in [0.1, 0.15) is 49.4 Å². The molecule has 0 saturated carbocycles. The van der Waals surface area contributed by atoms with E-state index in [-0.39, 0.29) is 6.01 Å². The van der Waals surface area contributed by atoms with E-state index in [9.17, 15) is 0 Å². The third kappa shape index (κ3) is 3.97. The van der Waals surface area contributed by atoms with E-state index in [2.05, 4.69) is 45.2 Å². The number of imidazole rings is 1. The average molecular weight is 437 g/mol. The second kappa shape index (κ2) is 8.54. The Hall–Kier alpha value is -2.94. The smallest absolute Gasteiger partial charge is 0.336 e.